The summed E-state index contributed by atoms with van der Waals surface area (Å²) in [5.74, 6) is 0. The van der Waals surface area contributed by atoms with E-state index in [1.807, 2.05) is 12.1 Å². The molecule has 8 heteroatoms. The summed E-state index contributed by atoms with van der Waals surface area (Å²) < 4.78 is 1.37. The van der Waals surface area contributed by atoms with E-state index in [1.54, 1.807) is 18.2 Å². The van der Waals surface area contributed by atoms with Gasteiger partial charge in [-0.15, -0.1) is 14.8 Å². The molecule has 5 nitrogen and oxygen atoms in total. The highest BCUT2D eigenvalue weighted by molar-refractivity contribution is 7.99. The highest BCUT2D eigenvalue weighted by Gasteiger charge is 2.05. The quantitative estimate of drug-likeness (QED) is 0.728. The van der Waals surface area contributed by atoms with Gasteiger partial charge in [0, 0.05) is 4.90 Å². The summed E-state index contributed by atoms with van der Waals surface area (Å²) in [7, 11) is 0. The fourth-order valence-corrected chi connectivity index (χ4v) is 2.52. The summed E-state index contributed by atoms with van der Waals surface area (Å²) >= 11 is 13.3. The molecule has 0 aliphatic heterocycles. The third-order valence-corrected chi connectivity index (χ3v) is 3.81. The Morgan fingerprint density at radius 2 is 1.94 bits per heavy atom. The number of hydrogen-bond acceptors (Lipinski definition) is 5. The smallest absolute Gasteiger partial charge is 0.140 e. The van der Waals surface area contributed by atoms with E-state index < -0.39 is 0 Å². The lowest BCUT2D eigenvalue weighted by molar-refractivity contribution is 0.702. The van der Waals surface area contributed by atoms with Gasteiger partial charge in [0.2, 0.25) is 0 Å². The second kappa shape index (κ2) is 4.72. The fraction of sp³-hybridized carbons (Fsp3) is 0. The van der Waals surface area contributed by atoms with Crippen molar-refractivity contribution in [2.75, 3.05) is 0 Å². The van der Waals surface area contributed by atoms with Crippen molar-refractivity contribution in [2.45, 2.75) is 9.92 Å². The molecule has 0 radical (unpaired) electrons. The van der Waals surface area contributed by atoms with Crippen LogP contribution >= 0.6 is 35.0 Å². The molecular formula is C10H5Cl2N5S. The second-order valence-electron chi connectivity index (χ2n) is 3.38. The van der Waals surface area contributed by atoms with Gasteiger partial charge in [-0.3, -0.25) is 0 Å². The summed E-state index contributed by atoms with van der Waals surface area (Å²) in [6, 6.07) is 9.07. The fourth-order valence-electron chi connectivity index (χ4n) is 1.35. The lowest BCUT2D eigenvalue weighted by Crippen LogP contribution is -1.95. The van der Waals surface area contributed by atoms with Crippen molar-refractivity contribution in [3.8, 4) is 0 Å². The molecule has 0 N–H and O–H groups in total. The van der Waals surface area contributed by atoms with Crippen molar-refractivity contribution < 1.29 is 0 Å². The Morgan fingerprint density at radius 1 is 1.06 bits per heavy atom. The molecule has 3 rings (SSSR count). The van der Waals surface area contributed by atoms with Gasteiger partial charge in [-0.2, -0.15) is 0 Å². The lowest BCUT2D eigenvalue weighted by atomic mass is 10.4. The third kappa shape index (κ3) is 2.27. The van der Waals surface area contributed by atoms with Crippen LogP contribution in [0.25, 0.3) is 5.65 Å². The standard InChI is InChI=1S/C10H5Cl2N5S/c11-7-2-1-6(5-8(7)12)18-10-4-3-9-13-15-16-17(9)14-10/h1-5H. The molecule has 2 heterocycles. The monoisotopic (exact) mass is 297 g/mol. The van der Waals surface area contributed by atoms with Gasteiger partial charge in [0.25, 0.3) is 0 Å². The molecule has 0 fully saturated rings. The van der Waals surface area contributed by atoms with Gasteiger partial charge in [-0.05, 0) is 40.8 Å². The van der Waals surface area contributed by atoms with Crippen molar-refractivity contribution in [1.82, 2.24) is 25.3 Å². The minimum atomic E-state index is 0.519. The number of halogens is 2. The van der Waals surface area contributed by atoms with Crippen molar-refractivity contribution in [1.29, 1.82) is 0 Å². The minimum Gasteiger partial charge on any atom is -0.140 e. The number of nitrogens with zero attached hydrogens (tertiary/aromatic N) is 5. The number of tetrazole rings is 1. The Morgan fingerprint density at radius 3 is 2.78 bits per heavy atom. The maximum Gasteiger partial charge on any atom is 0.200 e. The van der Waals surface area contributed by atoms with Crippen LogP contribution in [0.5, 0.6) is 0 Å². The van der Waals surface area contributed by atoms with Crippen molar-refractivity contribution in [3.63, 3.8) is 0 Å². The number of hydrogen-bond donors (Lipinski definition) is 0. The van der Waals surface area contributed by atoms with Crippen LogP contribution in [0, 0.1) is 0 Å². The number of rotatable bonds is 2. The predicted octanol–water partition coefficient (Wildman–Crippen LogP) is 2.98. The first-order valence-corrected chi connectivity index (χ1v) is 6.48. The molecule has 2 aromatic heterocycles. The van der Waals surface area contributed by atoms with Gasteiger partial charge < -0.3 is 0 Å². The summed E-state index contributed by atoms with van der Waals surface area (Å²) in [5.41, 5.74) is 0.605. The van der Waals surface area contributed by atoms with Gasteiger partial charge in [0.1, 0.15) is 5.03 Å². The molecule has 0 amide bonds. The molecule has 0 bridgehead atoms. The summed E-state index contributed by atoms with van der Waals surface area (Å²) in [6.45, 7) is 0. The Hall–Kier alpha value is -1.37. The highest BCUT2D eigenvalue weighted by Crippen LogP contribution is 2.31. The van der Waals surface area contributed by atoms with E-state index in [1.165, 1.54) is 16.4 Å². The Labute approximate surface area is 116 Å². The number of aromatic nitrogens is 5. The first-order chi connectivity index (χ1) is 8.72. The number of fused-ring (bicyclic) bond motifs is 1. The molecular weight excluding hydrogens is 293 g/mol. The zero-order valence-electron chi connectivity index (χ0n) is 8.79. The summed E-state index contributed by atoms with van der Waals surface area (Å²) in [5, 5.41) is 17.1. The Bertz CT molecular complexity index is 714. The molecule has 0 unspecified atom stereocenters. The third-order valence-electron chi connectivity index (χ3n) is 2.16. The van der Waals surface area contributed by atoms with Gasteiger partial charge in [-0.25, -0.2) is 0 Å². The Kier molecular flexibility index (Phi) is 3.07. The van der Waals surface area contributed by atoms with Crippen LogP contribution in [0.4, 0.5) is 0 Å². The topological polar surface area (TPSA) is 56.0 Å². The zero-order valence-corrected chi connectivity index (χ0v) is 11.1. The molecule has 0 spiro atoms. The molecule has 0 aliphatic carbocycles. The predicted molar refractivity (Wildman–Crippen MR) is 69.2 cm³/mol. The van der Waals surface area contributed by atoms with Gasteiger partial charge in [0.15, 0.2) is 5.65 Å². The second-order valence-corrected chi connectivity index (χ2v) is 5.28. The van der Waals surface area contributed by atoms with E-state index in [2.05, 4.69) is 20.6 Å². The van der Waals surface area contributed by atoms with Crippen LogP contribution in [-0.2, 0) is 0 Å². The Balaban J connectivity index is 1.92. The molecule has 0 saturated carbocycles. The van der Waals surface area contributed by atoms with Crippen LogP contribution in [0.3, 0.4) is 0 Å². The molecule has 0 aliphatic rings. The van der Waals surface area contributed by atoms with E-state index >= 15 is 0 Å². The molecule has 0 atom stereocenters. The molecule has 1 aromatic carbocycles. The van der Waals surface area contributed by atoms with Crippen LogP contribution in [0.15, 0.2) is 40.3 Å². The average molecular weight is 298 g/mol. The van der Waals surface area contributed by atoms with E-state index in [0.717, 1.165) is 9.92 Å². The van der Waals surface area contributed by atoms with E-state index in [0.29, 0.717) is 15.7 Å². The summed E-state index contributed by atoms with van der Waals surface area (Å²) in [6.07, 6.45) is 0. The maximum absolute atomic E-state index is 5.95. The van der Waals surface area contributed by atoms with Crippen LogP contribution in [0.1, 0.15) is 0 Å². The lowest BCUT2D eigenvalue weighted by Gasteiger charge is -2.02. The minimum absolute atomic E-state index is 0.519. The first-order valence-electron chi connectivity index (χ1n) is 4.91. The van der Waals surface area contributed by atoms with Crippen LogP contribution < -0.4 is 0 Å². The van der Waals surface area contributed by atoms with E-state index in [-0.39, 0.29) is 0 Å². The molecule has 0 saturated heterocycles. The summed E-state index contributed by atoms with van der Waals surface area (Å²) in [4.78, 5) is 0.948. The largest absolute Gasteiger partial charge is 0.200 e. The highest BCUT2D eigenvalue weighted by atomic mass is 35.5. The van der Waals surface area contributed by atoms with Crippen LogP contribution in [0.2, 0.25) is 10.0 Å². The molecule has 90 valence electrons. The maximum atomic E-state index is 5.95. The van der Waals surface area contributed by atoms with Gasteiger partial charge in [-0.1, -0.05) is 35.0 Å². The molecule has 3 aromatic rings. The molecule has 18 heavy (non-hydrogen) atoms. The first kappa shape index (κ1) is 11.7. The van der Waals surface area contributed by atoms with Crippen molar-refractivity contribution in [2.24, 2.45) is 0 Å². The van der Waals surface area contributed by atoms with Crippen molar-refractivity contribution >= 4 is 40.6 Å². The van der Waals surface area contributed by atoms with E-state index in [9.17, 15) is 0 Å². The van der Waals surface area contributed by atoms with Crippen molar-refractivity contribution in [3.05, 3.63) is 40.4 Å². The zero-order chi connectivity index (χ0) is 12.5. The van der Waals surface area contributed by atoms with E-state index in [4.69, 9.17) is 23.2 Å². The van der Waals surface area contributed by atoms with Gasteiger partial charge >= 0.3 is 0 Å². The SMILES string of the molecule is Clc1ccc(Sc2ccc3nnnn3n2)cc1Cl. The average Bonchev–Trinajstić information content (AvgIpc) is 2.81. The van der Waals surface area contributed by atoms with Gasteiger partial charge in [0.05, 0.1) is 10.0 Å². The van der Waals surface area contributed by atoms with Crippen LogP contribution in [-0.4, -0.2) is 25.3 Å². The normalized spacial score (nSPS) is 11.0. The number of benzene rings is 1.